The van der Waals surface area contributed by atoms with Crippen LogP contribution >= 0.6 is 0 Å². The Labute approximate surface area is 230 Å². The molecule has 3 aromatic rings. The third-order valence-electron chi connectivity index (χ3n) is 10.8. The SMILES string of the molecule is CC1=[N+](c2c(C)c(C)c(C)c(C)c2C)C2[N+](c3c(C)c(C)c(C)c(C)c3C)=C(C)c3c(C)c(C)c(C)c1[n+]32. The lowest BCUT2D eigenvalue weighted by molar-refractivity contribution is -0.968. The maximum atomic E-state index is 2.66. The zero-order valence-electron chi connectivity index (χ0n) is 26.4. The van der Waals surface area contributed by atoms with Crippen LogP contribution in [0.15, 0.2) is 0 Å². The van der Waals surface area contributed by atoms with Crippen LogP contribution in [0.5, 0.6) is 0 Å². The molecule has 38 heavy (non-hydrogen) atoms. The van der Waals surface area contributed by atoms with Crippen LogP contribution < -0.4 is 4.57 Å². The Balaban J connectivity index is 1.99. The molecular weight excluding hydrogens is 462 g/mol. The molecule has 2 aromatic carbocycles. The van der Waals surface area contributed by atoms with Crippen LogP contribution in [0.2, 0.25) is 0 Å². The molecular formula is C35H46N3+3. The molecule has 0 aliphatic carbocycles. The van der Waals surface area contributed by atoms with Crippen LogP contribution in [-0.4, -0.2) is 20.6 Å². The third kappa shape index (κ3) is 3.05. The van der Waals surface area contributed by atoms with Gasteiger partial charge in [-0.05, 0) is 129 Å². The Morgan fingerprint density at radius 1 is 0.316 bits per heavy atom. The molecule has 3 nitrogen and oxygen atoms in total. The predicted octanol–water partition coefficient (Wildman–Crippen LogP) is 7.77. The highest BCUT2D eigenvalue weighted by atomic mass is 15.5. The summed E-state index contributed by atoms with van der Waals surface area (Å²) in [6.45, 7) is 34.6. The fourth-order valence-electron chi connectivity index (χ4n) is 7.40. The summed E-state index contributed by atoms with van der Waals surface area (Å²) in [4.78, 5) is 0. The van der Waals surface area contributed by atoms with Crippen molar-refractivity contribution in [1.82, 2.24) is 0 Å². The van der Waals surface area contributed by atoms with Crippen molar-refractivity contribution in [2.24, 2.45) is 0 Å². The lowest BCUT2D eigenvalue weighted by atomic mass is 9.92. The number of aromatic nitrogens is 1. The normalized spacial score (nSPS) is 14.9. The number of pyridine rings is 1. The summed E-state index contributed by atoms with van der Waals surface area (Å²) in [5.74, 6) is 0. The number of rotatable bonds is 2. The molecule has 0 N–H and O–H groups in total. The van der Waals surface area contributed by atoms with Gasteiger partial charge in [-0.1, -0.05) is 13.7 Å². The summed E-state index contributed by atoms with van der Waals surface area (Å²) in [7, 11) is 0. The lowest BCUT2D eigenvalue weighted by Crippen LogP contribution is -2.46. The summed E-state index contributed by atoms with van der Waals surface area (Å²) in [6, 6.07) is 0. The smallest absolute Gasteiger partial charge is 0.0649 e. The zero-order chi connectivity index (χ0) is 28.3. The van der Waals surface area contributed by atoms with Gasteiger partial charge in [0.05, 0.1) is 0 Å². The van der Waals surface area contributed by atoms with E-state index < -0.39 is 0 Å². The van der Waals surface area contributed by atoms with Gasteiger partial charge in [-0.3, -0.25) is 0 Å². The van der Waals surface area contributed by atoms with Gasteiger partial charge in [0, 0.05) is 47.2 Å². The molecule has 198 valence electrons. The Morgan fingerprint density at radius 3 is 0.842 bits per heavy atom. The van der Waals surface area contributed by atoms with Crippen LogP contribution in [-0.2, 0) is 0 Å². The Morgan fingerprint density at radius 2 is 0.553 bits per heavy atom. The van der Waals surface area contributed by atoms with Gasteiger partial charge in [0.2, 0.25) is 11.4 Å². The van der Waals surface area contributed by atoms with Crippen LogP contribution in [0, 0.1) is 90.0 Å². The van der Waals surface area contributed by atoms with E-state index in [1.807, 2.05) is 0 Å². The van der Waals surface area contributed by atoms with E-state index in [0.717, 1.165) is 0 Å². The topological polar surface area (TPSA) is 9.90 Å². The largest absolute Gasteiger partial charge is 0.555 e. The molecule has 3 heteroatoms. The van der Waals surface area contributed by atoms with Crippen LogP contribution in [0.25, 0.3) is 0 Å². The van der Waals surface area contributed by atoms with Crippen molar-refractivity contribution >= 4 is 22.8 Å². The Kier molecular flexibility index (Phi) is 5.91. The standard InChI is InChI=1S/C35H46N3/c1-16-18(3)23(8)31(24(9)19(16)4)36-29(14)33-27(12)22(7)28(13)34-30(15)37(35(36)38(33)34)32-25(10)20(5)17(2)21(6)26(32)11/h35H,1-15H3/q+3. The van der Waals surface area contributed by atoms with E-state index in [1.54, 1.807) is 0 Å². The molecule has 5 rings (SSSR count). The molecule has 1 aromatic heterocycles. The van der Waals surface area contributed by atoms with Gasteiger partial charge in [-0.2, -0.15) is 0 Å². The second kappa shape index (κ2) is 8.46. The van der Waals surface area contributed by atoms with Crippen molar-refractivity contribution in [3.05, 3.63) is 83.7 Å². The highest BCUT2D eigenvalue weighted by Gasteiger charge is 2.64. The molecule has 0 saturated heterocycles. The van der Waals surface area contributed by atoms with Gasteiger partial charge in [0.1, 0.15) is 0 Å². The molecule has 0 bridgehead atoms. The third-order valence-corrected chi connectivity index (χ3v) is 10.8. The molecule has 0 radical (unpaired) electrons. The van der Waals surface area contributed by atoms with Gasteiger partial charge in [0.15, 0.2) is 0 Å². The fraction of sp³-hybridized carbons (Fsp3) is 0.457. The van der Waals surface area contributed by atoms with E-state index in [-0.39, 0.29) is 6.29 Å². The lowest BCUT2D eigenvalue weighted by Gasteiger charge is -2.18. The van der Waals surface area contributed by atoms with E-state index in [4.69, 9.17) is 0 Å². The van der Waals surface area contributed by atoms with Gasteiger partial charge in [-0.15, -0.1) is 0 Å². The van der Waals surface area contributed by atoms with E-state index in [0.29, 0.717) is 0 Å². The average Bonchev–Trinajstić information content (AvgIpc) is 3.32. The minimum Gasteiger partial charge on any atom is -0.0649 e. The first-order valence-electron chi connectivity index (χ1n) is 14.1. The van der Waals surface area contributed by atoms with Crippen LogP contribution in [0.3, 0.4) is 0 Å². The molecule has 0 unspecified atom stereocenters. The fourth-order valence-corrected chi connectivity index (χ4v) is 7.40. The minimum absolute atomic E-state index is 0.0378. The van der Waals surface area contributed by atoms with Gasteiger partial charge in [-0.25, -0.2) is 0 Å². The first-order valence-corrected chi connectivity index (χ1v) is 14.1. The molecule has 0 saturated carbocycles. The maximum Gasteiger partial charge on any atom is 0.555 e. The predicted molar refractivity (Wildman–Crippen MR) is 160 cm³/mol. The highest BCUT2D eigenvalue weighted by Crippen LogP contribution is 2.43. The monoisotopic (exact) mass is 508 g/mol. The van der Waals surface area contributed by atoms with Crippen molar-refractivity contribution in [2.45, 2.75) is 110 Å². The molecule has 2 aliphatic rings. The summed E-state index contributed by atoms with van der Waals surface area (Å²) in [5, 5.41) is 0. The molecule has 0 atom stereocenters. The van der Waals surface area contributed by atoms with Crippen molar-refractivity contribution in [3.8, 4) is 0 Å². The molecule has 2 aliphatic heterocycles. The molecule has 0 spiro atoms. The van der Waals surface area contributed by atoms with E-state index in [2.05, 4.69) is 118 Å². The number of nitrogens with zero attached hydrogens (tertiary/aromatic N) is 3. The van der Waals surface area contributed by atoms with Gasteiger partial charge >= 0.3 is 6.29 Å². The van der Waals surface area contributed by atoms with Crippen molar-refractivity contribution in [1.29, 1.82) is 0 Å². The highest BCUT2D eigenvalue weighted by molar-refractivity contribution is 5.99. The number of hydrogen-bond acceptors (Lipinski definition) is 0. The minimum atomic E-state index is 0.0378. The van der Waals surface area contributed by atoms with Crippen molar-refractivity contribution in [2.75, 3.05) is 0 Å². The summed E-state index contributed by atoms with van der Waals surface area (Å²) in [6.07, 6.45) is 0.0378. The Bertz CT molecular complexity index is 1510. The summed E-state index contributed by atoms with van der Waals surface area (Å²) in [5.41, 5.74) is 26.4. The van der Waals surface area contributed by atoms with Crippen molar-refractivity contribution in [3.63, 3.8) is 0 Å². The average molecular weight is 509 g/mol. The van der Waals surface area contributed by atoms with E-state index in [1.165, 1.54) is 107 Å². The van der Waals surface area contributed by atoms with Gasteiger partial charge < -0.3 is 0 Å². The maximum absolute atomic E-state index is 2.66. The van der Waals surface area contributed by atoms with E-state index >= 15 is 0 Å². The van der Waals surface area contributed by atoms with Crippen LogP contribution in [0.4, 0.5) is 11.4 Å². The first kappa shape index (κ1) is 26.5. The van der Waals surface area contributed by atoms with Crippen LogP contribution in [0.1, 0.15) is 104 Å². The number of hydrogen-bond donors (Lipinski definition) is 0. The zero-order valence-corrected chi connectivity index (χ0v) is 26.4. The second-order valence-corrected chi connectivity index (χ2v) is 12.1. The Hall–Kier alpha value is -3.07. The summed E-state index contributed by atoms with van der Waals surface area (Å²) < 4.78 is 7.97. The summed E-state index contributed by atoms with van der Waals surface area (Å²) >= 11 is 0. The molecule has 0 amide bonds. The molecule has 0 fully saturated rings. The van der Waals surface area contributed by atoms with E-state index in [9.17, 15) is 0 Å². The number of benzene rings is 2. The second-order valence-electron chi connectivity index (χ2n) is 12.1. The first-order chi connectivity index (χ1) is 17.7. The molecule has 3 heterocycles. The van der Waals surface area contributed by atoms with Gasteiger partial charge in [0.25, 0.3) is 22.8 Å². The quantitative estimate of drug-likeness (QED) is 0.313. The van der Waals surface area contributed by atoms with Crippen molar-refractivity contribution < 1.29 is 13.7 Å².